The highest BCUT2D eigenvalue weighted by Gasteiger charge is 2.36. The van der Waals surface area contributed by atoms with Crippen LogP contribution in [0.2, 0.25) is 0 Å². The summed E-state index contributed by atoms with van der Waals surface area (Å²) < 4.78 is 6.17. The molecule has 0 amide bonds. The zero-order valence-electron chi connectivity index (χ0n) is 15.1. The minimum atomic E-state index is 0.344. The van der Waals surface area contributed by atoms with Gasteiger partial charge in [-0.25, -0.2) is 0 Å². The van der Waals surface area contributed by atoms with Crippen LogP contribution in [0.5, 0.6) is 0 Å². The third-order valence-corrected chi connectivity index (χ3v) is 6.24. The number of aromatic nitrogens is 1. The van der Waals surface area contributed by atoms with E-state index in [0.717, 1.165) is 37.4 Å². The van der Waals surface area contributed by atoms with Gasteiger partial charge in [0.15, 0.2) is 0 Å². The molecule has 0 saturated carbocycles. The zero-order chi connectivity index (χ0) is 17.2. The average Bonchev–Trinajstić information content (AvgIpc) is 3.18. The molecule has 2 saturated heterocycles. The highest BCUT2D eigenvalue weighted by Crippen LogP contribution is 2.26. The van der Waals surface area contributed by atoms with Gasteiger partial charge in [-0.05, 0) is 44.5 Å². The van der Waals surface area contributed by atoms with Crippen molar-refractivity contribution in [1.82, 2.24) is 14.8 Å². The molecular weight excluding hydrogens is 330 g/mol. The third-order valence-electron chi connectivity index (χ3n) is 5.25. The highest BCUT2D eigenvalue weighted by atomic mass is 32.1. The Morgan fingerprint density at radius 1 is 1.16 bits per heavy atom. The van der Waals surface area contributed by atoms with Crippen LogP contribution in [-0.4, -0.2) is 53.1 Å². The lowest BCUT2D eigenvalue weighted by atomic mass is 10.1. The van der Waals surface area contributed by atoms with Crippen LogP contribution in [0, 0.1) is 13.8 Å². The van der Waals surface area contributed by atoms with Crippen molar-refractivity contribution in [2.24, 2.45) is 0 Å². The maximum atomic E-state index is 6.17. The molecule has 0 unspecified atom stereocenters. The number of nitrogens with zero attached hydrogens (tertiary/aromatic N) is 3. The fraction of sp³-hybridized carbons (Fsp3) is 0.550. The lowest BCUT2D eigenvalue weighted by Crippen LogP contribution is -2.49. The van der Waals surface area contributed by atoms with Crippen LogP contribution >= 0.6 is 11.3 Å². The maximum absolute atomic E-state index is 6.17. The fourth-order valence-electron chi connectivity index (χ4n) is 4.00. The Labute approximate surface area is 154 Å². The number of aryl methyl sites for hydroxylation is 2. The smallest absolute Gasteiger partial charge is 0.0892 e. The summed E-state index contributed by atoms with van der Waals surface area (Å²) in [4.78, 5) is 12.7. The number of thiophene rings is 1. The topological polar surface area (TPSA) is 28.6 Å². The summed E-state index contributed by atoms with van der Waals surface area (Å²) in [7, 11) is 0. The summed E-state index contributed by atoms with van der Waals surface area (Å²) in [5.41, 5.74) is 2.10. The molecule has 4 heterocycles. The molecule has 2 aromatic heterocycles. The summed E-state index contributed by atoms with van der Waals surface area (Å²) in [6.07, 6.45) is 1.49. The van der Waals surface area contributed by atoms with Gasteiger partial charge in [-0.1, -0.05) is 6.07 Å². The molecule has 2 aromatic rings. The number of pyridine rings is 1. The molecule has 2 aliphatic rings. The van der Waals surface area contributed by atoms with E-state index in [0.29, 0.717) is 18.8 Å². The lowest BCUT2D eigenvalue weighted by Gasteiger charge is -2.37. The van der Waals surface area contributed by atoms with E-state index in [2.05, 4.69) is 46.0 Å². The molecule has 0 N–H and O–H groups in total. The van der Waals surface area contributed by atoms with Gasteiger partial charge < -0.3 is 4.74 Å². The standard InChI is InChI=1S/C20H27N3OS/c1-15-4-3-5-17(21-15)14-24-19-10-18-11-22(8-9-23(18)12-19)13-20-7-6-16(2)25-20/h3-7,18-19H,8-14H2,1-2H3/t18-,19-/m0/s1. The minimum absolute atomic E-state index is 0.344. The Morgan fingerprint density at radius 2 is 2.08 bits per heavy atom. The van der Waals surface area contributed by atoms with Gasteiger partial charge in [0.1, 0.15) is 0 Å². The van der Waals surface area contributed by atoms with Crippen LogP contribution < -0.4 is 0 Å². The van der Waals surface area contributed by atoms with Crippen LogP contribution in [0.1, 0.15) is 27.6 Å². The number of fused-ring (bicyclic) bond motifs is 1. The summed E-state index contributed by atoms with van der Waals surface area (Å²) in [5.74, 6) is 0. The van der Waals surface area contributed by atoms with E-state index < -0.39 is 0 Å². The minimum Gasteiger partial charge on any atom is -0.371 e. The van der Waals surface area contributed by atoms with E-state index >= 15 is 0 Å². The zero-order valence-corrected chi connectivity index (χ0v) is 16.0. The Morgan fingerprint density at radius 3 is 2.88 bits per heavy atom. The van der Waals surface area contributed by atoms with Gasteiger partial charge in [0.05, 0.1) is 18.4 Å². The first-order valence-corrected chi connectivity index (χ1v) is 10.0. The Balaban J connectivity index is 1.28. The predicted octanol–water partition coefficient (Wildman–Crippen LogP) is 3.24. The van der Waals surface area contributed by atoms with Crippen LogP contribution in [0.15, 0.2) is 30.3 Å². The molecule has 0 aromatic carbocycles. The van der Waals surface area contributed by atoms with Crippen LogP contribution in [-0.2, 0) is 17.9 Å². The van der Waals surface area contributed by atoms with Crippen LogP contribution in [0.3, 0.4) is 0 Å². The molecule has 134 valence electrons. The van der Waals surface area contributed by atoms with Crippen molar-refractivity contribution in [2.45, 2.75) is 45.6 Å². The van der Waals surface area contributed by atoms with Gasteiger partial charge in [0.25, 0.3) is 0 Å². The van der Waals surface area contributed by atoms with Crippen molar-refractivity contribution in [1.29, 1.82) is 0 Å². The van der Waals surface area contributed by atoms with E-state index in [4.69, 9.17) is 4.74 Å². The summed E-state index contributed by atoms with van der Waals surface area (Å²) in [5, 5.41) is 0. The Kier molecular flexibility index (Phi) is 5.17. The average molecular weight is 358 g/mol. The highest BCUT2D eigenvalue weighted by molar-refractivity contribution is 7.11. The fourth-order valence-corrected chi connectivity index (χ4v) is 4.93. The first kappa shape index (κ1) is 17.2. The first-order valence-electron chi connectivity index (χ1n) is 9.21. The van der Waals surface area contributed by atoms with E-state index in [-0.39, 0.29) is 0 Å². The van der Waals surface area contributed by atoms with Crippen molar-refractivity contribution >= 4 is 11.3 Å². The normalized spacial score (nSPS) is 24.6. The van der Waals surface area contributed by atoms with Gasteiger partial charge >= 0.3 is 0 Å². The van der Waals surface area contributed by atoms with Gasteiger partial charge in [-0.15, -0.1) is 11.3 Å². The summed E-state index contributed by atoms with van der Waals surface area (Å²) in [6.45, 7) is 10.5. The van der Waals surface area contributed by atoms with Crippen molar-refractivity contribution in [3.63, 3.8) is 0 Å². The Bertz CT molecular complexity index is 716. The molecule has 25 heavy (non-hydrogen) atoms. The predicted molar refractivity (Wildman–Crippen MR) is 102 cm³/mol. The van der Waals surface area contributed by atoms with E-state index in [1.807, 2.05) is 24.3 Å². The molecule has 0 aliphatic carbocycles. The van der Waals surface area contributed by atoms with Gasteiger partial charge in [-0.3, -0.25) is 14.8 Å². The maximum Gasteiger partial charge on any atom is 0.0892 e. The third kappa shape index (κ3) is 4.29. The molecule has 2 fully saturated rings. The van der Waals surface area contributed by atoms with E-state index in [1.54, 1.807) is 0 Å². The summed E-state index contributed by atoms with van der Waals surface area (Å²) in [6, 6.07) is 11.3. The number of ether oxygens (including phenoxy) is 1. The van der Waals surface area contributed by atoms with E-state index in [1.165, 1.54) is 22.8 Å². The lowest BCUT2D eigenvalue weighted by molar-refractivity contribution is 0.0440. The van der Waals surface area contributed by atoms with Gasteiger partial charge in [0, 0.05) is 54.2 Å². The van der Waals surface area contributed by atoms with Crippen LogP contribution in [0.4, 0.5) is 0 Å². The van der Waals surface area contributed by atoms with Gasteiger partial charge in [-0.2, -0.15) is 0 Å². The second-order valence-corrected chi connectivity index (χ2v) is 8.71. The van der Waals surface area contributed by atoms with Crippen LogP contribution in [0.25, 0.3) is 0 Å². The molecular formula is C20H27N3OS. The molecule has 5 heteroatoms. The largest absolute Gasteiger partial charge is 0.371 e. The second kappa shape index (κ2) is 7.54. The number of rotatable bonds is 5. The Hall–Kier alpha value is -1.27. The molecule has 0 spiro atoms. The molecule has 2 aliphatic heterocycles. The van der Waals surface area contributed by atoms with Crippen molar-refractivity contribution in [2.75, 3.05) is 26.2 Å². The second-order valence-electron chi connectivity index (χ2n) is 7.34. The number of hydrogen-bond acceptors (Lipinski definition) is 5. The molecule has 4 rings (SSSR count). The van der Waals surface area contributed by atoms with E-state index in [9.17, 15) is 0 Å². The first-order chi connectivity index (χ1) is 12.2. The quantitative estimate of drug-likeness (QED) is 0.821. The summed E-state index contributed by atoms with van der Waals surface area (Å²) >= 11 is 1.93. The van der Waals surface area contributed by atoms with Gasteiger partial charge in [0.2, 0.25) is 0 Å². The van der Waals surface area contributed by atoms with Crippen molar-refractivity contribution in [3.8, 4) is 0 Å². The molecule has 0 radical (unpaired) electrons. The monoisotopic (exact) mass is 357 g/mol. The number of piperazine rings is 1. The molecule has 0 bridgehead atoms. The molecule has 2 atom stereocenters. The van der Waals surface area contributed by atoms with Crippen molar-refractivity contribution in [3.05, 3.63) is 51.5 Å². The molecule has 4 nitrogen and oxygen atoms in total. The number of hydrogen-bond donors (Lipinski definition) is 0. The van der Waals surface area contributed by atoms with Crippen molar-refractivity contribution < 1.29 is 4.74 Å². The SMILES string of the molecule is Cc1cccc(CO[C@H]2C[C@H]3CN(Cc4ccc(C)s4)CCN3C2)n1.